The molecule has 143 valence electrons. The molecule has 4 aromatic carbocycles. The number of para-hydroxylation sites is 2. The van der Waals surface area contributed by atoms with E-state index in [1.54, 1.807) is 12.1 Å². The van der Waals surface area contributed by atoms with E-state index in [1.807, 2.05) is 42.5 Å². The lowest BCUT2D eigenvalue weighted by Gasteiger charge is -2.20. The van der Waals surface area contributed by atoms with E-state index in [2.05, 4.69) is 48.5 Å². The van der Waals surface area contributed by atoms with Gasteiger partial charge in [-0.15, -0.1) is 0 Å². The van der Waals surface area contributed by atoms with Gasteiger partial charge >= 0.3 is 0 Å². The van der Waals surface area contributed by atoms with Crippen molar-refractivity contribution in [2.45, 2.75) is 12.5 Å². The summed E-state index contributed by atoms with van der Waals surface area (Å²) in [6, 6.07) is 35.0. The Hall–Kier alpha value is -3.30. The van der Waals surface area contributed by atoms with Crippen molar-refractivity contribution in [1.29, 1.82) is 0 Å². The molecule has 0 bridgehead atoms. The minimum Gasteiger partial charge on any atom is -0.508 e. The summed E-state index contributed by atoms with van der Waals surface area (Å²) in [5.41, 5.74) is 3.13. The second-order valence-corrected chi connectivity index (χ2v) is 9.54. The van der Waals surface area contributed by atoms with E-state index >= 15 is 0 Å². The molecule has 0 heterocycles. The first-order chi connectivity index (χ1) is 14.2. The summed E-state index contributed by atoms with van der Waals surface area (Å²) in [5.74, 6) is 0.681. The van der Waals surface area contributed by atoms with Gasteiger partial charge in [0.2, 0.25) is 0 Å². The molecule has 1 radical (unpaired) electrons. The third-order valence-electron chi connectivity index (χ3n) is 5.20. The first-order valence-electron chi connectivity index (χ1n) is 9.75. The number of hydrogen-bond acceptors (Lipinski definition) is 2. The molecule has 4 aromatic rings. The van der Waals surface area contributed by atoms with Crippen LogP contribution < -0.4 is 10.4 Å². The normalized spacial score (nSPS) is 10.9. The Morgan fingerprint density at radius 2 is 1.03 bits per heavy atom. The average Bonchev–Trinajstić information content (AvgIpc) is 2.76. The number of hydrogen-bond donors (Lipinski definition) is 2. The first kappa shape index (κ1) is 19.0. The fraction of sp³-hybridized carbons (Fsp3) is 0.0769. The van der Waals surface area contributed by atoms with Crippen LogP contribution in [0, 0.1) is 0 Å². The Morgan fingerprint density at radius 3 is 1.69 bits per heavy atom. The summed E-state index contributed by atoms with van der Waals surface area (Å²) in [6.45, 7) is 0. The van der Waals surface area contributed by atoms with Crippen LogP contribution in [-0.2, 0) is 12.5 Å². The van der Waals surface area contributed by atoms with Crippen molar-refractivity contribution < 1.29 is 10.2 Å². The molecule has 0 unspecified atom stereocenters. The Morgan fingerprint density at radius 1 is 0.517 bits per heavy atom. The largest absolute Gasteiger partial charge is 0.508 e. The van der Waals surface area contributed by atoms with Crippen molar-refractivity contribution in [3.63, 3.8) is 0 Å². The third kappa shape index (κ3) is 4.41. The molecule has 0 aliphatic rings. The van der Waals surface area contributed by atoms with Crippen LogP contribution in [-0.4, -0.2) is 19.0 Å². The second-order valence-electron chi connectivity index (χ2n) is 7.11. The van der Waals surface area contributed by atoms with Crippen molar-refractivity contribution in [3.05, 3.63) is 120 Å². The van der Waals surface area contributed by atoms with Crippen LogP contribution >= 0.6 is 0 Å². The Balaban J connectivity index is 1.77. The zero-order valence-corrected chi connectivity index (χ0v) is 17.1. The van der Waals surface area contributed by atoms with Gasteiger partial charge in [-0.05, 0) is 34.9 Å². The second kappa shape index (κ2) is 8.80. The van der Waals surface area contributed by atoms with E-state index < -0.39 is 8.80 Å². The van der Waals surface area contributed by atoms with Crippen molar-refractivity contribution in [2.24, 2.45) is 0 Å². The summed E-state index contributed by atoms with van der Waals surface area (Å²) in [5, 5.41) is 23.3. The van der Waals surface area contributed by atoms with Crippen LogP contribution in [0.1, 0.15) is 16.7 Å². The minimum absolute atomic E-state index is 0.330. The summed E-state index contributed by atoms with van der Waals surface area (Å²) in [4.78, 5) is 0. The fourth-order valence-electron chi connectivity index (χ4n) is 3.68. The minimum atomic E-state index is -1.18. The van der Waals surface area contributed by atoms with Gasteiger partial charge in [0, 0.05) is 6.42 Å². The monoisotopic (exact) mass is 395 g/mol. The molecule has 4 rings (SSSR count). The molecule has 0 saturated heterocycles. The maximum atomic E-state index is 10.4. The van der Waals surface area contributed by atoms with E-state index in [0.29, 0.717) is 17.9 Å². The molecule has 0 saturated carbocycles. The van der Waals surface area contributed by atoms with Gasteiger partial charge in [0.15, 0.2) is 0 Å². The summed E-state index contributed by atoms with van der Waals surface area (Å²) in [6.07, 6.45) is 0.685. The molecule has 0 aliphatic carbocycles. The highest BCUT2D eigenvalue weighted by molar-refractivity contribution is 6.85. The standard InChI is InChI=1S/C26H23O2Si/c27-24-15-7-4-10-20(24)18-21-11-6-9-17-26(21)29(23-13-2-1-3-14-23)19-22-12-5-8-16-25(22)28/h1-17,27-28H,18-19H2. The third-order valence-corrected chi connectivity index (χ3v) is 8.10. The summed E-state index contributed by atoms with van der Waals surface area (Å²) in [7, 11) is -1.18. The lowest BCUT2D eigenvalue weighted by Crippen LogP contribution is -2.46. The molecule has 2 nitrogen and oxygen atoms in total. The smallest absolute Gasteiger partial charge is 0.126 e. The van der Waals surface area contributed by atoms with Gasteiger partial charge in [0.1, 0.15) is 20.3 Å². The quantitative estimate of drug-likeness (QED) is 0.483. The highest BCUT2D eigenvalue weighted by atomic mass is 28.3. The lowest BCUT2D eigenvalue weighted by molar-refractivity contribution is 0.469. The number of phenolic OH excluding ortho intramolecular Hbond substituents is 2. The number of benzene rings is 4. The molecule has 0 fully saturated rings. The van der Waals surface area contributed by atoms with E-state index in [1.165, 1.54) is 15.9 Å². The molecule has 2 N–H and O–H groups in total. The van der Waals surface area contributed by atoms with E-state index in [-0.39, 0.29) is 0 Å². The molecule has 3 heteroatoms. The van der Waals surface area contributed by atoms with Crippen LogP contribution in [0.25, 0.3) is 0 Å². The van der Waals surface area contributed by atoms with Gasteiger partial charge in [0.25, 0.3) is 0 Å². The fourth-order valence-corrected chi connectivity index (χ4v) is 6.51. The summed E-state index contributed by atoms with van der Waals surface area (Å²) < 4.78 is 0. The Bertz CT molecular complexity index is 1090. The Labute approximate surface area is 173 Å². The van der Waals surface area contributed by atoms with Crippen molar-refractivity contribution in [3.8, 4) is 11.5 Å². The van der Waals surface area contributed by atoms with Gasteiger partial charge in [-0.3, -0.25) is 0 Å². The van der Waals surface area contributed by atoms with Gasteiger partial charge in [-0.2, -0.15) is 0 Å². The van der Waals surface area contributed by atoms with Gasteiger partial charge in [-0.1, -0.05) is 101 Å². The topological polar surface area (TPSA) is 40.5 Å². The Kier molecular flexibility index (Phi) is 5.78. The SMILES string of the molecule is Oc1ccccc1Cc1ccccc1[Si](Cc1ccccc1O)c1ccccc1. The first-order valence-corrected chi connectivity index (χ1v) is 11.5. The van der Waals surface area contributed by atoms with Crippen LogP contribution in [0.2, 0.25) is 0 Å². The average molecular weight is 396 g/mol. The van der Waals surface area contributed by atoms with Gasteiger partial charge < -0.3 is 10.2 Å². The van der Waals surface area contributed by atoms with E-state index in [9.17, 15) is 10.2 Å². The molecule has 0 atom stereocenters. The van der Waals surface area contributed by atoms with E-state index in [0.717, 1.165) is 17.2 Å². The maximum Gasteiger partial charge on any atom is 0.126 e. The lowest BCUT2D eigenvalue weighted by atomic mass is 10.0. The maximum absolute atomic E-state index is 10.4. The molecule has 0 aromatic heterocycles. The molecule has 0 aliphatic heterocycles. The van der Waals surface area contributed by atoms with Crippen molar-refractivity contribution >= 4 is 19.2 Å². The van der Waals surface area contributed by atoms with Gasteiger partial charge in [0.05, 0.1) is 0 Å². The highest BCUT2D eigenvalue weighted by Gasteiger charge is 2.22. The molecule has 29 heavy (non-hydrogen) atoms. The van der Waals surface area contributed by atoms with Crippen molar-refractivity contribution in [2.75, 3.05) is 0 Å². The number of phenols is 2. The zero-order valence-electron chi connectivity index (χ0n) is 16.1. The van der Waals surface area contributed by atoms with Crippen LogP contribution in [0.4, 0.5) is 0 Å². The highest BCUT2D eigenvalue weighted by Crippen LogP contribution is 2.21. The predicted octanol–water partition coefficient (Wildman–Crippen LogP) is 4.08. The van der Waals surface area contributed by atoms with Crippen LogP contribution in [0.3, 0.4) is 0 Å². The van der Waals surface area contributed by atoms with Crippen molar-refractivity contribution in [1.82, 2.24) is 0 Å². The summed E-state index contributed by atoms with van der Waals surface area (Å²) >= 11 is 0. The molecular weight excluding hydrogens is 372 g/mol. The molecular formula is C26H23O2Si. The zero-order chi connectivity index (χ0) is 20.1. The number of aromatic hydroxyl groups is 2. The molecule has 0 amide bonds. The predicted molar refractivity (Wildman–Crippen MR) is 121 cm³/mol. The van der Waals surface area contributed by atoms with E-state index in [4.69, 9.17) is 0 Å². The van der Waals surface area contributed by atoms with Crippen LogP contribution in [0.5, 0.6) is 11.5 Å². The molecule has 0 spiro atoms. The number of rotatable bonds is 6. The van der Waals surface area contributed by atoms with Gasteiger partial charge in [-0.25, -0.2) is 0 Å². The van der Waals surface area contributed by atoms with Crippen LogP contribution in [0.15, 0.2) is 103 Å².